The van der Waals surface area contributed by atoms with E-state index in [1.807, 2.05) is 0 Å². The number of aliphatic carboxylic acids is 1. The number of hydrogen-bond acceptors (Lipinski definition) is 2. The maximum absolute atomic E-state index is 10.5. The SMILES string of the molecule is C=C(OCCCCCCCCCCC(=O)O)c1ccc2ccc3cccc4ccc1c2c34. The molecule has 0 aliphatic rings. The first-order valence-corrected chi connectivity index (χ1v) is 11.9. The van der Waals surface area contributed by atoms with Crippen LogP contribution in [0.15, 0.2) is 61.2 Å². The zero-order valence-electron chi connectivity index (χ0n) is 18.7. The molecule has 0 aromatic heterocycles. The molecule has 4 aromatic rings. The molecule has 0 bridgehead atoms. The normalized spacial score (nSPS) is 11.5. The minimum absolute atomic E-state index is 0.299. The fourth-order valence-corrected chi connectivity index (χ4v) is 4.69. The maximum Gasteiger partial charge on any atom is 0.303 e. The van der Waals surface area contributed by atoms with Gasteiger partial charge in [-0.3, -0.25) is 4.79 Å². The molecule has 4 aromatic carbocycles. The van der Waals surface area contributed by atoms with Crippen LogP contribution in [0.3, 0.4) is 0 Å². The van der Waals surface area contributed by atoms with Crippen molar-refractivity contribution in [3.8, 4) is 0 Å². The number of carboxylic acid groups (broad SMARTS) is 1. The highest BCUT2D eigenvalue weighted by Crippen LogP contribution is 2.37. The number of ether oxygens (including phenoxy) is 1. The highest BCUT2D eigenvalue weighted by molar-refractivity contribution is 6.24. The molecule has 0 atom stereocenters. The maximum atomic E-state index is 10.5. The first-order valence-electron chi connectivity index (χ1n) is 11.9. The van der Waals surface area contributed by atoms with Gasteiger partial charge >= 0.3 is 5.97 Å². The van der Waals surface area contributed by atoms with Gasteiger partial charge in [-0.05, 0) is 45.2 Å². The van der Waals surface area contributed by atoms with Crippen LogP contribution in [-0.4, -0.2) is 17.7 Å². The van der Waals surface area contributed by atoms with Gasteiger partial charge in [-0.1, -0.05) is 99.7 Å². The Morgan fingerprint density at radius 2 is 1.28 bits per heavy atom. The van der Waals surface area contributed by atoms with Gasteiger partial charge in [0, 0.05) is 12.0 Å². The van der Waals surface area contributed by atoms with E-state index in [2.05, 4.69) is 61.2 Å². The third-order valence-electron chi connectivity index (χ3n) is 6.39. The van der Waals surface area contributed by atoms with Crippen molar-refractivity contribution in [3.63, 3.8) is 0 Å². The van der Waals surface area contributed by atoms with E-state index in [-0.39, 0.29) is 0 Å². The van der Waals surface area contributed by atoms with Gasteiger partial charge in [0.25, 0.3) is 0 Å². The summed E-state index contributed by atoms with van der Waals surface area (Å²) in [6, 6.07) is 19.6. The van der Waals surface area contributed by atoms with Crippen molar-refractivity contribution in [1.29, 1.82) is 0 Å². The standard InChI is InChI=1S/C29H32O3/c1-21(32-20-9-7-5-3-2-4-6-8-13-27(30)31)25-18-16-24-15-14-22-11-10-12-23-17-19-26(25)29(24)28(22)23/h10-12,14-19H,1-9,13,20H2,(H,30,31). The first kappa shape index (κ1) is 22.1. The van der Waals surface area contributed by atoms with E-state index in [4.69, 9.17) is 9.84 Å². The van der Waals surface area contributed by atoms with E-state index < -0.39 is 5.97 Å². The average molecular weight is 429 g/mol. The Kier molecular flexibility index (Phi) is 7.26. The predicted octanol–water partition coefficient (Wildman–Crippen LogP) is 8.17. The Hall–Kier alpha value is -3.07. The molecule has 0 heterocycles. The second-order valence-corrected chi connectivity index (χ2v) is 8.71. The lowest BCUT2D eigenvalue weighted by Gasteiger charge is -2.16. The molecule has 3 nitrogen and oxygen atoms in total. The summed E-state index contributed by atoms with van der Waals surface area (Å²) < 4.78 is 6.05. The zero-order valence-corrected chi connectivity index (χ0v) is 18.7. The minimum atomic E-state index is -0.686. The molecular formula is C29H32O3. The van der Waals surface area contributed by atoms with Gasteiger partial charge in [-0.25, -0.2) is 0 Å². The number of carbonyl (C=O) groups is 1. The lowest BCUT2D eigenvalue weighted by atomic mass is 9.91. The van der Waals surface area contributed by atoms with Gasteiger partial charge in [-0.2, -0.15) is 0 Å². The van der Waals surface area contributed by atoms with Crippen LogP contribution >= 0.6 is 0 Å². The van der Waals surface area contributed by atoms with Crippen LogP contribution < -0.4 is 0 Å². The monoisotopic (exact) mass is 428 g/mol. The van der Waals surface area contributed by atoms with E-state index in [9.17, 15) is 4.79 Å². The molecule has 0 saturated heterocycles. The first-order chi connectivity index (χ1) is 15.6. The van der Waals surface area contributed by atoms with E-state index in [1.165, 1.54) is 51.6 Å². The summed E-state index contributed by atoms with van der Waals surface area (Å²) in [5.74, 6) is 0.0649. The molecule has 0 unspecified atom stereocenters. The second kappa shape index (κ2) is 10.5. The molecule has 166 valence electrons. The Balaban J connectivity index is 1.27. The highest BCUT2D eigenvalue weighted by atomic mass is 16.5. The number of rotatable bonds is 13. The Bertz CT molecular complexity index is 1190. The lowest BCUT2D eigenvalue weighted by molar-refractivity contribution is -0.137. The molecule has 0 amide bonds. The molecule has 0 aliphatic carbocycles. The summed E-state index contributed by atoms with van der Waals surface area (Å²) in [5.41, 5.74) is 1.08. The van der Waals surface area contributed by atoms with Gasteiger partial charge in [0.1, 0.15) is 5.76 Å². The van der Waals surface area contributed by atoms with Crippen LogP contribution in [0.1, 0.15) is 63.4 Å². The van der Waals surface area contributed by atoms with Crippen molar-refractivity contribution in [3.05, 3.63) is 66.7 Å². The Morgan fingerprint density at radius 1 is 0.719 bits per heavy atom. The summed E-state index contributed by atoms with van der Waals surface area (Å²) in [6.07, 6.45) is 9.04. The van der Waals surface area contributed by atoms with Crippen molar-refractivity contribution in [2.24, 2.45) is 0 Å². The lowest BCUT2D eigenvalue weighted by Crippen LogP contribution is -1.96. The number of unbranched alkanes of at least 4 members (excludes halogenated alkanes) is 7. The summed E-state index contributed by atoms with van der Waals surface area (Å²) in [6.45, 7) is 4.93. The van der Waals surface area contributed by atoms with Crippen LogP contribution in [0, 0.1) is 0 Å². The summed E-state index contributed by atoms with van der Waals surface area (Å²) in [5, 5.41) is 16.3. The van der Waals surface area contributed by atoms with Gasteiger partial charge in [0.2, 0.25) is 0 Å². The van der Waals surface area contributed by atoms with Gasteiger partial charge in [0.15, 0.2) is 0 Å². The summed E-state index contributed by atoms with van der Waals surface area (Å²) in [7, 11) is 0. The fraction of sp³-hybridized carbons (Fsp3) is 0.345. The van der Waals surface area contributed by atoms with Crippen molar-refractivity contribution in [1.82, 2.24) is 0 Å². The van der Waals surface area contributed by atoms with Crippen molar-refractivity contribution in [2.75, 3.05) is 6.61 Å². The van der Waals surface area contributed by atoms with Crippen molar-refractivity contribution < 1.29 is 14.6 Å². The number of benzene rings is 4. The van der Waals surface area contributed by atoms with Crippen LogP contribution in [-0.2, 0) is 9.53 Å². The fourth-order valence-electron chi connectivity index (χ4n) is 4.69. The third kappa shape index (κ3) is 5.04. The van der Waals surface area contributed by atoms with Gasteiger partial charge in [-0.15, -0.1) is 0 Å². The predicted molar refractivity (Wildman–Crippen MR) is 134 cm³/mol. The molecule has 3 heteroatoms. The topological polar surface area (TPSA) is 46.5 Å². The zero-order chi connectivity index (χ0) is 22.3. The Morgan fingerprint density at radius 3 is 1.97 bits per heavy atom. The molecule has 0 radical (unpaired) electrons. The number of carboxylic acids is 1. The molecule has 0 fully saturated rings. The highest BCUT2D eigenvalue weighted by Gasteiger charge is 2.12. The summed E-state index contributed by atoms with van der Waals surface area (Å²) >= 11 is 0. The molecule has 4 rings (SSSR count). The molecule has 0 aliphatic heterocycles. The molecule has 1 N–H and O–H groups in total. The summed E-state index contributed by atoms with van der Waals surface area (Å²) in [4.78, 5) is 10.5. The van der Waals surface area contributed by atoms with Gasteiger partial charge < -0.3 is 9.84 Å². The smallest absolute Gasteiger partial charge is 0.303 e. The average Bonchev–Trinajstić information content (AvgIpc) is 2.80. The van der Waals surface area contributed by atoms with E-state index in [0.717, 1.165) is 43.4 Å². The van der Waals surface area contributed by atoms with Crippen LogP contribution in [0.2, 0.25) is 0 Å². The second-order valence-electron chi connectivity index (χ2n) is 8.71. The Labute approximate surface area is 190 Å². The van der Waals surface area contributed by atoms with E-state index in [0.29, 0.717) is 13.0 Å². The molecule has 32 heavy (non-hydrogen) atoms. The van der Waals surface area contributed by atoms with Gasteiger partial charge in [0.05, 0.1) is 6.61 Å². The largest absolute Gasteiger partial charge is 0.494 e. The molecule has 0 saturated carbocycles. The number of hydrogen-bond donors (Lipinski definition) is 1. The van der Waals surface area contributed by atoms with Crippen LogP contribution in [0.4, 0.5) is 0 Å². The van der Waals surface area contributed by atoms with E-state index in [1.54, 1.807) is 0 Å². The third-order valence-corrected chi connectivity index (χ3v) is 6.39. The van der Waals surface area contributed by atoms with Crippen molar-refractivity contribution in [2.45, 2.75) is 57.8 Å². The van der Waals surface area contributed by atoms with Crippen LogP contribution in [0.5, 0.6) is 0 Å². The minimum Gasteiger partial charge on any atom is -0.494 e. The van der Waals surface area contributed by atoms with Crippen LogP contribution in [0.25, 0.3) is 38.1 Å². The quantitative estimate of drug-likeness (QED) is 0.133. The van der Waals surface area contributed by atoms with Crippen molar-refractivity contribution >= 4 is 44.0 Å². The van der Waals surface area contributed by atoms with E-state index >= 15 is 0 Å². The molecular weight excluding hydrogens is 396 g/mol. The molecule has 0 spiro atoms.